The Hall–Kier alpha value is -4.51. The molecule has 0 aliphatic carbocycles. The van der Waals surface area contributed by atoms with Crippen LogP contribution >= 0.6 is 0 Å². The molecule has 0 bridgehead atoms. The molecule has 5 heterocycles. The van der Waals surface area contributed by atoms with Gasteiger partial charge in [-0.1, -0.05) is 12.1 Å². The number of aromatic nitrogens is 7. The molecule has 4 aromatic heterocycles. The summed E-state index contributed by atoms with van der Waals surface area (Å²) in [6.45, 7) is 10.6. The molecule has 5 aromatic rings. The van der Waals surface area contributed by atoms with Gasteiger partial charge in [0.15, 0.2) is 11.5 Å². The van der Waals surface area contributed by atoms with Crippen LogP contribution in [0.15, 0.2) is 66.2 Å². The monoisotopic (exact) mass is 524 g/mol. The molecule has 0 amide bonds. The molecule has 1 atom stereocenters. The van der Waals surface area contributed by atoms with Crippen molar-refractivity contribution >= 4 is 39.4 Å². The van der Waals surface area contributed by atoms with Crippen molar-refractivity contribution in [2.45, 2.75) is 38.9 Å². The van der Waals surface area contributed by atoms with Gasteiger partial charge in [0.05, 0.1) is 18.3 Å². The van der Waals surface area contributed by atoms with Gasteiger partial charge in [-0.3, -0.25) is 14.4 Å². The smallest absolute Gasteiger partial charge is 0.278 e. The number of benzene rings is 1. The largest absolute Gasteiger partial charge is 0.366 e. The quantitative estimate of drug-likeness (QED) is 0.296. The van der Waals surface area contributed by atoms with Crippen LogP contribution in [0.5, 0.6) is 0 Å². The van der Waals surface area contributed by atoms with Crippen molar-refractivity contribution in [3.8, 4) is 5.82 Å². The van der Waals surface area contributed by atoms with Crippen LogP contribution in [-0.4, -0.2) is 64.2 Å². The molecule has 1 saturated heterocycles. The van der Waals surface area contributed by atoms with Gasteiger partial charge in [-0.05, 0) is 50.6 Å². The first kappa shape index (κ1) is 24.8. The van der Waals surface area contributed by atoms with Gasteiger partial charge in [0, 0.05) is 49.5 Å². The predicted octanol–water partition coefficient (Wildman–Crippen LogP) is 3.69. The number of fused-ring (bicyclic) bond motifs is 2. The van der Waals surface area contributed by atoms with E-state index in [1.807, 2.05) is 54.3 Å². The third kappa shape index (κ3) is 4.65. The lowest BCUT2D eigenvalue weighted by atomic mass is 10.2. The molecule has 2 N–H and O–H groups in total. The molecule has 0 unspecified atom stereocenters. The number of anilines is 3. The molecule has 1 aliphatic rings. The van der Waals surface area contributed by atoms with E-state index in [1.54, 1.807) is 21.6 Å². The first-order valence-corrected chi connectivity index (χ1v) is 13.2. The van der Waals surface area contributed by atoms with Gasteiger partial charge in [0.2, 0.25) is 5.95 Å². The Bertz CT molecular complexity index is 1730. The Morgan fingerprint density at radius 1 is 1.18 bits per heavy atom. The summed E-state index contributed by atoms with van der Waals surface area (Å²) in [7, 11) is 1.91. The van der Waals surface area contributed by atoms with E-state index in [0.29, 0.717) is 41.4 Å². The highest BCUT2D eigenvalue weighted by atomic mass is 16.1. The molecule has 11 nitrogen and oxygen atoms in total. The zero-order valence-corrected chi connectivity index (χ0v) is 22.4. The summed E-state index contributed by atoms with van der Waals surface area (Å²) in [4.78, 5) is 29.9. The normalized spacial score (nSPS) is 15.9. The maximum Gasteiger partial charge on any atom is 0.278 e. The number of pyridine rings is 1. The van der Waals surface area contributed by atoms with Crippen molar-refractivity contribution in [3.05, 3.63) is 71.8 Å². The SMILES string of the molecule is C=CCn1c(=O)c2cnc(Nc3ccc4c(cnn4C)c3)nc2n1-c1cccc(N[C@@H]2CCN(C(C)C)C2)n1. The number of hydrogen-bond donors (Lipinski definition) is 2. The van der Waals surface area contributed by atoms with Gasteiger partial charge < -0.3 is 10.6 Å². The molecule has 1 fully saturated rings. The fraction of sp³-hybridized carbons (Fsp3) is 0.321. The van der Waals surface area contributed by atoms with E-state index in [-0.39, 0.29) is 5.56 Å². The molecule has 39 heavy (non-hydrogen) atoms. The Morgan fingerprint density at radius 3 is 2.85 bits per heavy atom. The van der Waals surface area contributed by atoms with Crippen molar-refractivity contribution in [2.24, 2.45) is 7.05 Å². The van der Waals surface area contributed by atoms with Gasteiger partial charge in [-0.2, -0.15) is 10.1 Å². The summed E-state index contributed by atoms with van der Waals surface area (Å²) in [5, 5.41) is 12.6. The highest BCUT2D eigenvalue weighted by Gasteiger charge is 2.24. The first-order chi connectivity index (χ1) is 18.9. The second-order valence-electron chi connectivity index (χ2n) is 10.2. The van der Waals surface area contributed by atoms with E-state index in [4.69, 9.17) is 9.97 Å². The molecule has 1 aliphatic heterocycles. The van der Waals surface area contributed by atoms with Crippen LogP contribution in [0.3, 0.4) is 0 Å². The van der Waals surface area contributed by atoms with E-state index in [2.05, 4.69) is 46.0 Å². The van der Waals surface area contributed by atoms with Crippen LogP contribution in [0.1, 0.15) is 20.3 Å². The topological polar surface area (TPSA) is 111 Å². The molecule has 0 saturated carbocycles. The summed E-state index contributed by atoms with van der Waals surface area (Å²) in [6.07, 6.45) is 6.13. The molecule has 1 aromatic carbocycles. The van der Waals surface area contributed by atoms with Crippen molar-refractivity contribution in [1.82, 2.24) is 39.0 Å². The maximum atomic E-state index is 13.3. The second-order valence-corrected chi connectivity index (χ2v) is 10.2. The summed E-state index contributed by atoms with van der Waals surface area (Å²) in [5.74, 6) is 1.73. The Labute approximate surface area is 225 Å². The minimum Gasteiger partial charge on any atom is -0.366 e. The zero-order valence-electron chi connectivity index (χ0n) is 22.4. The molecule has 0 radical (unpaired) electrons. The molecule has 0 spiro atoms. The van der Waals surface area contributed by atoms with E-state index in [9.17, 15) is 4.79 Å². The van der Waals surface area contributed by atoms with Crippen LogP contribution in [0.4, 0.5) is 17.5 Å². The zero-order chi connectivity index (χ0) is 27.1. The van der Waals surface area contributed by atoms with E-state index < -0.39 is 0 Å². The summed E-state index contributed by atoms with van der Waals surface area (Å²) < 4.78 is 5.16. The molecule has 11 heteroatoms. The Balaban J connectivity index is 1.36. The summed E-state index contributed by atoms with van der Waals surface area (Å²) in [6, 6.07) is 12.6. The third-order valence-corrected chi connectivity index (χ3v) is 7.23. The van der Waals surface area contributed by atoms with Crippen LogP contribution < -0.4 is 16.2 Å². The third-order valence-electron chi connectivity index (χ3n) is 7.23. The highest BCUT2D eigenvalue weighted by Crippen LogP contribution is 2.23. The minimum absolute atomic E-state index is 0.197. The fourth-order valence-electron chi connectivity index (χ4n) is 5.18. The van der Waals surface area contributed by atoms with Crippen LogP contribution in [0.25, 0.3) is 27.8 Å². The Morgan fingerprint density at radius 2 is 2.05 bits per heavy atom. The summed E-state index contributed by atoms with van der Waals surface area (Å²) in [5.41, 5.74) is 2.13. The van der Waals surface area contributed by atoms with Crippen molar-refractivity contribution in [1.29, 1.82) is 0 Å². The lowest BCUT2D eigenvalue weighted by Gasteiger charge is -2.20. The van der Waals surface area contributed by atoms with Gasteiger partial charge in [0.25, 0.3) is 5.56 Å². The minimum atomic E-state index is -0.197. The van der Waals surface area contributed by atoms with Gasteiger partial charge in [-0.25, -0.2) is 19.3 Å². The summed E-state index contributed by atoms with van der Waals surface area (Å²) >= 11 is 0. The number of allylic oxidation sites excluding steroid dienone is 1. The number of nitrogens with zero attached hydrogens (tertiary/aromatic N) is 8. The number of nitrogens with one attached hydrogen (secondary N) is 2. The standard InChI is InChI=1S/C28H32N10O/c1-5-12-37-27(39)22-16-29-28(32-20-9-10-23-19(14-20)15-30-35(23)4)34-26(22)38(37)25-8-6-7-24(33-25)31-21-11-13-36(17-21)18(2)3/h5-10,14-16,18,21H,1,11-13,17H2,2-4H3,(H,31,33)(H,29,32,34)/t21-/m1/s1. The number of aryl methyl sites for hydroxylation is 1. The Kier molecular flexibility index (Phi) is 6.35. The van der Waals surface area contributed by atoms with Gasteiger partial charge >= 0.3 is 0 Å². The van der Waals surface area contributed by atoms with Gasteiger partial charge in [0.1, 0.15) is 11.2 Å². The van der Waals surface area contributed by atoms with Crippen molar-refractivity contribution < 1.29 is 0 Å². The maximum absolute atomic E-state index is 13.3. The fourth-order valence-corrected chi connectivity index (χ4v) is 5.18. The molecule has 6 rings (SSSR count). The van der Waals surface area contributed by atoms with E-state index in [1.165, 1.54) is 0 Å². The number of likely N-dealkylation sites (tertiary alicyclic amines) is 1. The van der Waals surface area contributed by atoms with E-state index in [0.717, 1.165) is 41.9 Å². The van der Waals surface area contributed by atoms with Crippen LogP contribution in [-0.2, 0) is 13.6 Å². The van der Waals surface area contributed by atoms with E-state index >= 15 is 0 Å². The lowest BCUT2D eigenvalue weighted by Crippen LogP contribution is -2.31. The highest BCUT2D eigenvalue weighted by molar-refractivity contribution is 5.83. The second kappa shape index (κ2) is 9.99. The van der Waals surface area contributed by atoms with Crippen molar-refractivity contribution in [3.63, 3.8) is 0 Å². The average molecular weight is 525 g/mol. The van der Waals surface area contributed by atoms with Crippen LogP contribution in [0, 0.1) is 0 Å². The number of hydrogen-bond acceptors (Lipinski definition) is 8. The van der Waals surface area contributed by atoms with Crippen molar-refractivity contribution in [2.75, 3.05) is 23.7 Å². The predicted molar refractivity (Wildman–Crippen MR) is 154 cm³/mol. The lowest BCUT2D eigenvalue weighted by molar-refractivity contribution is 0.274. The average Bonchev–Trinajstić information content (AvgIpc) is 3.61. The van der Waals surface area contributed by atoms with Crippen LogP contribution in [0.2, 0.25) is 0 Å². The molecular formula is C28H32N10O. The van der Waals surface area contributed by atoms with Gasteiger partial charge in [-0.15, -0.1) is 6.58 Å². The number of rotatable bonds is 8. The molecular weight excluding hydrogens is 492 g/mol. The molecule has 200 valence electrons. The first-order valence-electron chi connectivity index (χ1n) is 13.2.